The van der Waals surface area contributed by atoms with Crippen LogP contribution in [0.1, 0.15) is 45.7 Å². The number of ether oxygens (including phenoxy) is 1. The van der Waals surface area contributed by atoms with Crippen molar-refractivity contribution in [2.75, 3.05) is 11.1 Å². The number of primary amides is 1. The van der Waals surface area contributed by atoms with Crippen LogP contribution in [-0.4, -0.2) is 32.5 Å². The molecule has 1 atom stereocenters. The van der Waals surface area contributed by atoms with Gasteiger partial charge >= 0.3 is 0 Å². The molecule has 7 nitrogen and oxygen atoms in total. The second-order valence-corrected chi connectivity index (χ2v) is 7.74. The lowest BCUT2D eigenvalue weighted by molar-refractivity contribution is -0.115. The van der Waals surface area contributed by atoms with Gasteiger partial charge in [0, 0.05) is 11.4 Å². The Kier molecular flexibility index (Phi) is 5.74. The Bertz CT molecular complexity index is 857. The van der Waals surface area contributed by atoms with E-state index in [4.69, 9.17) is 10.5 Å². The highest BCUT2D eigenvalue weighted by Gasteiger charge is 2.33. The van der Waals surface area contributed by atoms with Crippen LogP contribution in [0.2, 0.25) is 0 Å². The SMILES string of the molecule is CCCSc1nc2n(n1)C(c1ccc(OC(C)C)cc1)C(C(N)=O)=C(C)N2. The average molecular weight is 388 g/mol. The molecule has 27 heavy (non-hydrogen) atoms. The minimum atomic E-state index is -0.476. The van der Waals surface area contributed by atoms with Crippen molar-refractivity contribution in [3.05, 3.63) is 41.1 Å². The van der Waals surface area contributed by atoms with Crippen LogP contribution < -0.4 is 15.8 Å². The molecule has 1 aromatic heterocycles. The molecule has 0 saturated carbocycles. The number of nitrogens with zero attached hydrogens (tertiary/aromatic N) is 3. The molecule has 0 fully saturated rings. The average Bonchev–Trinajstić information content (AvgIpc) is 3.01. The van der Waals surface area contributed by atoms with E-state index in [-0.39, 0.29) is 6.10 Å². The second kappa shape index (κ2) is 8.04. The Balaban J connectivity index is 2.02. The first-order valence-electron chi connectivity index (χ1n) is 9.04. The number of fused-ring (bicyclic) bond motifs is 1. The Morgan fingerprint density at radius 3 is 2.67 bits per heavy atom. The van der Waals surface area contributed by atoms with Crippen molar-refractivity contribution in [1.29, 1.82) is 0 Å². The lowest BCUT2D eigenvalue weighted by atomic mass is 9.95. The summed E-state index contributed by atoms with van der Waals surface area (Å²) in [5.74, 6) is 1.85. The highest BCUT2D eigenvalue weighted by Crippen LogP contribution is 2.36. The van der Waals surface area contributed by atoms with Gasteiger partial charge in [0.05, 0.1) is 11.7 Å². The highest BCUT2D eigenvalue weighted by molar-refractivity contribution is 7.99. The number of hydrogen-bond donors (Lipinski definition) is 2. The third kappa shape index (κ3) is 4.10. The van der Waals surface area contributed by atoms with Crippen molar-refractivity contribution in [3.8, 4) is 5.75 Å². The summed E-state index contributed by atoms with van der Waals surface area (Å²) in [6.45, 7) is 7.91. The van der Waals surface area contributed by atoms with Gasteiger partial charge in [0.15, 0.2) is 0 Å². The first kappa shape index (κ1) is 19.3. The van der Waals surface area contributed by atoms with Crippen LogP contribution in [0.5, 0.6) is 5.75 Å². The third-order valence-corrected chi connectivity index (χ3v) is 5.15. The Morgan fingerprint density at radius 2 is 2.07 bits per heavy atom. The van der Waals surface area contributed by atoms with Gasteiger partial charge in [-0.3, -0.25) is 4.79 Å². The number of thioether (sulfide) groups is 1. The fraction of sp³-hybridized carbons (Fsp3) is 0.421. The summed E-state index contributed by atoms with van der Waals surface area (Å²) in [7, 11) is 0. The fourth-order valence-electron chi connectivity index (χ4n) is 3.01. The summed E-state index contributed by atoms with van der Waals surface area (Å²) in [5.41, 5.74) is 7.78. The molecule has 3 N–H and O–H groups in total. The standard InChI is InChI=1S/C19H25N5O2S/c1-5-10-27-19-22-18-21-12(4)15(17(20)25)16(24(18)23-19)13-6-8-14(9-7-13)26-11(2)3/h6-9,11,16H,5,10H2,1-4H3,(H2,20,25)(H,21,22,23). The quantitative estimate of drug-likeness (QED) is 0.708. The monoisotopic (exact) mass is 387 g/mol. The molecule has 2 aromatic rings. The van der Waals surface area contributed by atoms with Crippen LogP contribution in [0, 0.1) is 0 Å². The third-order valence-electron chi connectivity index (χ3n) is 4.10. The zero-order chi connectivity index (χ0) is 19.6. The normalized spacial score (nSPS) is 16.3. The van der Waals surface area contributed by atoms with Gasteiger partial charge in [-0.1, -0.05) is 30.8 Å². The minimum absolute atomic E-state index is 0.0955. The molecule has 8 heteroatoms. The first-order valence-corrected chi connectivity index (χ1v) is 10.0. The van der Waals surface area contributed by atoms with E-state index in [1.807, 2.05) is 45.0 Å². The summed E-state index contributed by atoms with van der Waals surface area (Å²) < 4.78 is 7.46. The maximum absolute atomic E-state index is 12.2. The van der Waals surface area contributed by atoms with Crippen molar-refractivity contribution in [2.45, 2.75) is 51.4 Å². The lowest BCUT2D eigenvalue weighted by Crippen LogP contribution is -2.31. The minimum Gasteiger partial charge on any atom is -0.491 e. The topological polar surface area (TPSA) is 95.1 Å². The van der Waals surface area contributed by atoms with E-state index in [2.05, 4.69) is 22.3 Å². The highest BCUT2D eigenvalue weighted by atomic mass is 32.2. The molecular formula is C19H25N5O2S. The molecule has 3 rings (SSSR count). The fourth-order valence-corrected chi connectivity index (χ4v) is 3.70. The number of nitrogens with two attached hydrogens (primary N) is 1. The van der Waals surface area contributed by atoms with Crippen LogP contribution in [0.3, 0.4) is 0 Å². The van der Waals surface area contributed by atoms with E-state index in [0.717, 1.165) is 23.5 Å². The van der Waals surface area contributed by atoms with Crippen molar-refractivity contribution >= 4 is 23.6 Å². The predicted octanol–water partition coefficient (Wildman–Crippen LogP) is 3.34. The number of amides is 1. The molecule has 0 saturated heterocycles. The Hall–Kier alpha value is -2.48. The summed E-state index contributed by atoms with van der Waals surface area (Å²) in [5, 5.41) is 8.46. The van der Waals surface area contributed by atoms with Crippen LogP contribution in [0.15, 0.2) is 40.7 Å². The molecule has 1 aliphatic heterocycles. The molecule has 1 unspecified atom stereocenters. The summed E-state index contributed by atoms with van der Waals surface area (Å²) in [6.07, 6.45) is 1.13. The molecule has 0 spiro atoms. The second-order valence-electron chi connectivity index (χ2n) is 6.68. The van der Waals surface area contributed by atoms with Crippen molar-refractivity contribution in [2.24, 2.45) is 5.73 Å². The van der Waals surface area contributed by atoms with Gasteiger partial charge < -0.3 is 15.8 Å². The molecule has 1 aliphatic rings. The number of rotatable bonds is 7. The van der Waals surface area contributed by atoms with Gasteiger partial charge in [0.25, 0.3) is 0 Å². The maximum Gasteiger partial charge on any atom is 0.248 e. The maximum atomic E-state index is 12.2. The number of carbonyl (C=O) groups excluding carboxylic acids is 1. The molecule has 0 aliphatic carbocycles. The Labute approximate surface area is 163 Å². The molecule has 144 valence electrons. The molecule has 2 heterocycles. The van der Waals surface area contributed by atoms with Crippen molar-refractivity contribution in [1.82, 2.24) is 14.8 Å². The predicted molar refractivity (Wildman–Crippen MR) is 107 cm³/mol. The van der Waals surface area contributed by atoms with E-state index in [1.165, 1.54) is 0 Å². The van der Waals surface area contributed by atoms with Gasteiger partial charge in [-0.25, -0.2) is 4.68 Å². The van der Waals surface area contributed by atoms with Gasteiger partial charge in [-0.2, -0.15) is 4.98 Å². The molecule has 0 bridgehead atoms. The molecule has 1 amide bonds. The smallest absolute Gasteiger partial charge is 0.248 e. The number of carbonyl (C=O) groups is 1. The van der Waals surface area contributed by atoms with Crippen LogP contribution in [0.4, 0.5) is 5.95 Å². The van der Waals surface area contributed by atoms with Gasteiger partial charge in [-0.15, -0.1) is 5.10 Å². The number of nitrogens with one attached hydrogen (secondary N) is 1. The molecule has 0 radical (unpaired) electrons. The van der Waals surface area contributed by atoms with E-state index < -0.39 is 11.9 Å². The zero-order valence-electron chi connectivity index (χ0n) is 16.0. The van der Waals surface area contributed by atoms with Crippen LogP contribution in [0.25, 0.3) is 0 Å². The number of anilines is 1. The summed E-state index contributed by atoms with van der Waals surface area (Å²) in [4.78, 5) is 16.7. The van der Waals surface area contributed by atoms with E-state index in [9.17, 15) is 4.79 Å². The first-order chi connectivity index (χ1) is 12.9. The summed E-state index contributed by atoms with van der Waals surface area (Å²) in [6, 6.07) is 7.25. The van der Waals surface area contributed by atoms with Gasteiger partial charge in [0.2, 0.25) is 17.0 Å². The number of hydrogen-bond acceptors (Lipinski definition) is 6. The van der Waals surface area contributed by atoms with Gasteiger partial charge in [-0.05, 0) is 44.9 Å². The molecular weight excluding hydrogens is 362 g/mol. The zero-order valence-corrected chi connectivity index (χ0v) is 16.8. The molecule has 1 aromatic carbocycles. The number of benzene rings is 1. The van der Waals surface area contributed by atoms with E-state index in [0.29, 0.717) is 22.4 Å². The lowest BCUT2D eigenvalue weighted by Gasteiger charge is -2.27. The van der Waals surface area contributed by atoms with Crippen LogP contribution >= 0.6 is 11.8 Å². The largest absolute Gasteiger partial charge is 0.491 e. The van der Waals surface area contributed by atoms with Crippen LogP contribution in [-0.2, 0) is 4.79 Å². The summed E-state index contributed by atoms with van der Waals surface area (Å²) >= 11 is 1.59. The number of allylic oxidation sites excluding steroid dienone is 1. The van der Waals surface area contributed by atoms with E-state index >= 15 is 0 Å². The van der Waals surface area contributed by atoms with Gasteiger partial charge in [0.1, 0.15) is 11.8 Å². The van der Waals surface area contributed by atoms with Crippen molar-refractivity contribution < 1.29 is 9.53 Å². The Morgan fingerprint density at radius 1 is 1.37 bits per heavy atom. The number of aromatic nitrogens is 3. The van der Waals surface area contributed by atoms with E-state index in [1.54, 1.807) is 16.4 Å². The van der Waals surface area contributed by atoms with Crippen molar-refractivity contribution in [3.63, 3.8) is 0 Å².